The smallest absolute Gasteiger partial charge is 0.237 e. The van der Waals surface area contributed by atoms with E-state index >= 15 is 0 Å². The van der Waals surface area contributed by atoms with Crippen LogP contribution >= 0.6 is 45.3 Å². The molecular weight excluding hydrogens is 659 g/mol. The molecule has 10 heteroatoms. The van der Waals surface area contributed by atoms with Gasteiger partial charge in [0.25, 0.3) is 0 Å². The van der Waals surface area contributed by atoms with Gasteiger partial charge in [-0.05, 0) is 94.7 Å². The summed E-state index contributed by atoms with van der Waals surface area (Å²) in [6, 6.07) is 29.8. The zero-order chi connectivity index (χ0) is 30.5. The molecule has 0 atom stereocenters. The number of nitrogens with zero attached hydrogens (tertiary/aromatic N) is 2. The van der Waals surface area contributed by atoms with Crippen LogP contribution in [0, 0.1) is 11.6 Å². The molecule has 0 spiro atoms. The molecule has 4 aromatic carbocycles. The summed E-state index contributed by atoms with van der Waals surface area (Å²) < 4.78 is 43.8. The number of hydrogen-bond acceptors (Lipinski definition) is 8. The van der Waals surface area contributed by atoms with Gasteiger partial charge in [0.05, 0.1) is 9.75 Å². The molecule has 0 radical (unpaired) electrons. The Hall–Kier alpha value is -4.74. The van der Waals surface area contributed by atoms with Gasteiger partial charge in [0, 0.05) is 28.6 Å². The van der Waals surface area contributed by atoms with Crippen molar-refractivity contribution in [3.8, 4) is 42.4 Å². The van der Waals surface area contributed by atoms with Crippen molar-refractivity contribution in [2.24, 2.45) is 0 Å². The maximum atomic E-state index is 13.4. The molecule has 46 heavy (non-hydrogen) atoms. The minimum atomic E-state index is -0.236. The van der Waals surface area contributed by atoms with Crippen molar-refractivity contribution in [2.45, 2.75) is 0 Å². The van der Waals surface area contributed by atoms with Crippen LogP contribution in [0.4, 0.5) is 8.78 Å². The van der Waals surface area contributed by atoms with Gasteiger partial charge in [-0.25, -0.2) is 18.7 Å². The minimum absolute atomic E-state index is 0.236. The Bertz CT molecular complexity index is 2460. The summed E-state index contributed by atoms with van der Waals surface area (Å²) in [4.78, 5) is 13.8. The van der Waals surface area contributed by atoms with Crippen LogP contribution in [0.15, 0.2) is 106 Å². The maximum Gasteiger partial charge on any atom is 0.237 e. The van der Waals surface area contributed by atoms with Crippen LogP contribution in [0.25, 0.3) is 94.2 Å². The molecule has 4 nitrogen and oxygen atoms in total. The monoisotopic (exact) mass is 674 g/mol. The molecule has 0 aliphatic carbocycles. The zero-order valence-corrected chi connectivity index (χ0v) is 26.6. The topological polar surface area (TPSA) is 52.1 Å². The average Bonchev–Trinajstić information content (AvgIpc) is 3.87. The van der Waals surface area contributed by atoms with Crippen LogP contribution in [-0.2, 0) is 0 Å². The van der Waals surface area contributed by atoms with Gasteiger partial charge in [-0.1, -0.05) is 24.3 Å². The number of hydrogen-bond donors (Lipinski definition) is 0. The van der Waals surface area contributed by atoms with Gasteiger partial charge >= 0.3 is 0 Å². The quantitative estimate of drug-likeness (QED) is 0.186. The fraction of sp³-hybridized carbons (Fsp3) is 0. The summed E-state index contributed by atoms with van der Waals surface area (Å²) in [6.07, 6.45) is 0. The Morgan fingerprint density at radius 2 is 0.804 bits per heavy atom. The molecule has 0 fully saturated rings. The molecule has 6 heterocycles. The SMILES string of the molecule is Fc1ccc(-c2cc3sc(-c4nc5cc6cc7oc(-c8cc9sc(-c%10ccc(F)cc%10)cc9s8)nc7cc6cc5o4)cc3s2)cc1. The Morgan fingerprint density at radius 1 is 0.435 bits per heavy atom. The van der Waals surface area contributed by atoms with Gasteiger partial charge in [-0.3, -0.25) is 0 Å². The number of benzene rings is 4. The maximum absolute atomic E-state index is 13.4. The second-order valence-electron chi connectivity index (χ2n) is 10.9. The molecule has 0 saturated carbocycles. The molecule has 0 unspecified atom stereocenters. The van der Waals surface area contributed by atoms with Crippen molar-refractivity contribution >= 4 is 97.1 Å². The van der Waals surface area contributed by atoms with Crippen LogP contribution < -0.4 is 0 Å². The largest absolute Gasteiger partial charge is 0.435 e. The highest BCUT2D eigenvalue weighted by atomic mass is 32.1. The number of aromatic nitrogens is 2. The van der Waals surface area contributed by atoms with E-state index in [9.17, 15) is 8.78 Å². The van der Waals surface area contributed by atoms with E-state index in [4.69, 9.17) is 18.8 Å². The van der Waals surface area contributed by atoms with E-state index in [0.29, 0.717) is 22.9 Å². The van der Waals surface area contributed by atoms with Gasteiger partial charge in [0.1, 0.15) is 22.7 Å². The molecule has 10 rings (SSSR count). The van der Waals surface area contributed by atoms with Crippen molar-refractivity contribution in [3.05, 3.63) is 109 Å². The fourth-order valence-electron chi connectivity index (χ4n) is 5.70. The number of halogens is 2. The van der Waals surface area contributed by atoms with Crippen LogP contribution in [0.5, 0.6) is 0 Å². The molecule has 0 bridgehead atoms. The first-order valence-electron chi connectivity index (χ1n) is 14.2. The summed E-state index contributed by atoms with van der Waals surface area (Å²) in [5.74, 6) is 0.707. The first-order chi connectivity index (χ1) is 22.5. The molecule has 6 aromatic heterocycles. The third kappa shape index (κ3) is 4.33. The van der Waals surface area contributed by atoms with E-state index in [0.717, 1.165) is 71.2 Å². The van der Waals surface area contributed by atoms with E-state index in [2.05, 4.69) is 24.3 Å². The highest BCUT2D eigenvalue weighted by Gasteiger charge is 2.18. The van der Waals surface area contributed by atoms with E-state index in [1.807, 2.05) is 48.5 Å². The number of fused-ring (bicyclic) bond motifs is 5. The number of thiophene rings is 4. The summed E-state index contributed by atoms with van der Waals surface area (Å²) in [5.41, 5.74) is 4.99. The fourth-order valence-corrected chi connectivity index (χ4v) is 10.4. The minimum Gasteiger partial charge on any atom is -0.435 e. The normalized spacial score (nSPS) is 12.1. The van der Waals surface area contributed by atoms with Gasteiger partial charge in [0.15, 0.2) is 11.2 Å². The van der Waals surface area contributed by atoms with Gasteiger partial charge in [0.2, 0.25) is 11.8 Å². The average molecular weight is 675 g/mol. The molecule has 0 amide bonds. The standard InChI is InChI=1S/C36H16F2N2O2S4/c37-21-5-1-17(2-6-21)27-13-29-31(43-27)15-33(45-29)35-39-23-9-19-12-26-24(10-20(19)11-25(23)41-35)40-36(42-26)34-16-32-30(46-34)14-28(44-32)18-3-7-22(38)8-4-18/h1-16H. The Morgan fingerprint density at radius 3 is 1.22 bits per heavy atom. The van der Waals surface area contributed by atoms with E-state index in [1.54, 1.807) is 45.3 Å². The van der Waals surface area contributed by atoms with Crippen LogP contribution in [0.2, 0.25) is 0 Å². The molecule has 0 aliphatic rings. The van der Waals surface area contributed by atoms with E-state index in [-0.39, 0.29) is 11.6 Å². The van der Waals surface area contributed by atoms with Crippen molar-refractivity contribution < 1.29 is 17.6 Å². The number of rotatable bonds is 4. The summed E-state index contributed by atoms with van der Waals surface area (Å²) in [5, 5.41) is 1.99. The molecule has 10 aromatic rings. The number of oxazole rings is 2. The predicted molar refractivity (Wildman–Crippen MR) is 187 cm³/mol. The predicted octanol–water partition coefficient (Wildman–Crippen LogP) is 12.6. The summed E-state index contributed by atoms with van der Waals surface area (Å²) in [7, 11) is 0. The van der Waals surface area contributed by atoms with Crippen LogP contribution in [0.1, 0.15) is 0 Å². The second-order valence-corrected chi connectivity index (χ2v) is 15.3. The first-order valence-corrected chi connectivity index (χ1v) is 17.5. The summed E-state index contributed by atoms with van der Waals surface area (Å²) >= 11 is 6.62. The molecule has 220 valence electrons. The molecule has 0 N–H and O–H groups in total. The molecule has 0 saturated heterocycles. The van der Waals surface area contributed by atoms with Gasteiger partial charge in [-0.15, -0.1) is 45.3 Å². The highest BCUT2D eigenvalue weighted by molar-refractivity contribution is 7.31. The Balaban J connectivity index is 0.964. The van der Waals surface area contributed by atoms with Gasteiger partial charge < -0.3 is 8.83 Å². The molecular formula is C36H16F2N2O2S4. The lowest BCUT2D eigenvalue weighted by atomic mass is 10.1. The third-order valence-corrected chi connectivity index (χ3v) is 12.6. The lowest BCUT2D eigenvalue weighted by Crippen LogP contribution is -1.76. The lowest BCUT2D eigenvalue weighted by molar-refractivity contribution is 0.621. The first kappa shape index (κ1) is 26.5. The van der Waals surface area contributed by atoms with E-state index in [1.165, 1.54) is 24.3 Å². The van der Waals surface area contributed by atoms with Crippen molar-refractivity contribution in [1.82, 2.24) is 9.97 Å². The lowest BCUT2D eigenvalue weighted by Gasteiger charge is -1.96. The summed E-state index contributed by atoms with van der Waals surface area (Å²) in [6.45, 7) is 0. The Labute approximate surface area is 274 Å². The van der Waals surface area contributed by atoms with E-state index < -0.39 is 0 Å². The Kier molecular flexibility index (Phi) is 5.69. The third-order valence-electron chi connectivity index (χ3n) is 7.95. The molecule has 0 aliphatic heterocycles. The van der Waals surface area contributed by atoms with Gasteiger partial charge in [-0.2, -0.15) is 0 Å². The van der Waals surface area contributed by atoms with Crippen molar-refractivity contribution in [2.75, 3.05) is 0 Å². The van der Waals surface area contributed by atoms with Crippen molar-refractivity contribution in [3.63, 3.8) is 0 Å². The van der Waals surface area contributed by atoms with Crippen LogP contribution in [-0.4, -0.2) is 9.97 Å². The highest BCUT2D eigenvalue weighted by Crippen LogP contribution is 2.44. The zero-order valence-electron chi connectivity index (χ0n) is 23.3. The van der Waals surface area contributed by atoms with Crippen molar-refractivity contribution in [1.29, 1.82) is 0 Å². The second kappa shape index (κ2) is 9.88. The van der Waals surface area contributed by atoms with Crippen LogP contribution in [0.3, 0.4) is 0 Å².